The van der Waals surface area contributed by atoms with Crippen LogP contribution in [-0.2, 0) is 4.79 Å². The average Bonchev–Trinajstić information content (AvgIpc) is 2.48. The van der Waals surface area contributed by atoms with E-state index < -0.39 is 0 Å². The number of rotatable bonds is 5. The second-order valence-corrected chi connectivity index (χ2v) is 6.50. The summed E-state index contributed by atoms with van der Waals surface area (Å²) in [7, 11) is 0. The van der Waals surface area contributed by atoms with Crippen molar-refractivity contribution in [3.05, 3.63) is 34.9 Å². The highest BCUT2D eigenvalue weighted by molar-refractivity contribution is 6.30. The molecule has 2 atom stereocenters. The van der Waals surface area contributed by atoms with Gasteiger partial charge in [0, 0.05) is 11.6 Å². The van der Waals surface area contributed by atoms with Gasteiger partial charge in [-0.1, -0.05) is 37.1 Å². The summed E-state index contributed by atoms with van der Waals surface area (Å²) in [6.45, 7) is 5.96. The first-order chi connectivity index (χ1) is 10.1. The fourth-order valence-corrected chi connectivity index (χ4v) is 3.37. The van der Waals surface area contributed by atoms with Crippen LogP contribution in [-0.4, -0.2) is 19.0 Å². The molecule has 2 rings (SSSR count). The van der Waals surface area contributed by atoms with Crippen LogP contribution in [0.4, 0.5) is 0 Å². The van der Waals surface area contributed by atoms with Gasteiger partial charge in [0.25, 0.3) is 0 Å². The molecule has 1 aliphatic rings. The molecular formula is C17H25ClN2O. The summed E-state index contributed by atoms with van der Waals surface area (Å²) in [6, 6.07) is 7.67. The maximum Gasteiger partial charge on any atom is 0.227 e. The zero-order valence-electron chi connectivity index (χ0n) is 12.9. The van der Waals surface area contributed by atoms with E-state index in [9.17, 15) is 4.79 Å². The molecule has 0 aromatic heterocycles. The van der Waals surface area contributed by atoms with Crippen molar-refractivity contribution in [3.8, 4) is 0 Å². The molecule has 1 aliphatic heterocycles. The lowest BCUT2D eigenvalue weighted by atomic mass is 9.76. The Labute approximate surface area is 132 Å². The third-order valence-electron chi connectivity index (χ3n) is 4.38. The molecule has 1 heterocycles. The first-order valence-electron chi connectivity index (χ1n) is 7.84. The van der Waals surface area contributed by atoms with Gasteiger partial charge in [0.2, 0.25) is 5.91 Å². The number of amides is 1. The van der Waals surface area contributed by atoms with Gasteiger partial charge < -0.3 is 10.6 Å². The van der Waals surface area contributed by atoms with Crippen molar-refractivity contribution >= 4 is 17.5 Å². The van der Waals surface area contributed by atoms with Gasteiger partial charge >= 0.3 is 0 Å². The molecule has 0 aliphatic carbocycles. The molecule has 1 aromatic rings. The largest absolute Gasteiger partial charge is 0.349 e. The number of carbonyl (C=O) groups excluding carboxylic acids is 1. The number of hydrogen-bond donors (Lipinski definition) is 2. The molecule has 116 valence electrons. The maximum absolute atomic E-state index is 12.8. The maximum atomic E-state index is 12.8. The summed E-state index contributed by atoms with van der Waals surface area (Å²) in [5.41, 5.74) is 0.797. The second kappa shape index (κ2) is 7.28. The highest BCUT2D eigenvalue weighted by atomic mass is 35.5. The molecule has 0 saturated carbocycles. The molecule has 3 nitrogen and oxygen atoms in total. The molecule has 1 fully saturated rings. The van der Waals surface area contributed by atoms with Gasteiger partial charge in [-0.05, 0) is 50.4 Å². The van der Waals surface area contributed by atoms with Gasteiger partial charge in [0.1, 0.15) is 0 Å². The van der Waals surface area contributed by atoms with Crippen LogP contribution >= 0.6 is 11.6 Å². The predicted octanol–water partition coefficient (Wildman–Crippen LogP) is 3.69. The predicted molar refractivity (Wildman–Crippen MR) is 87.5 cm³/mol. The van der Waals surface area contributed by atoms with Crippen LogP contribution in [0.25, 0.3) is 0 Å². The van der Waals surface area contributed by atoms with E-state index in [0.29, 0.717) is 5.02 Å². The lowest BCUT2D eigenvalue weighted by Crippen LogP contribution is -2.50. The standard InChI is InChI=1S/C17H25ClN2O/c1-3-8-17(9-5-10-19-12-17)16(21)20-13(2)14-6-4-7-15(18)11-14/h4,6-7,11,13,19H,3,5,8-10,12H2,1-2H3,(H,20,21)/t13-,17?/m1/s1. The summed E-state index contributed by atoms with van der Waals surface area (Å²) < 4.78 is 0. The average molecular weight is 309 g/mol. The number of piperidine rings is 1. The normalized spacial score (nSPS) is 23.6. The van der Waals surface area contributed by atoms with Crippen molar-refractivity contribution in [1.82, 2.24) is 10.6 Å². The van der Waals surface area contributed by atoms with E-state index in [1.54, 1.807) is 0 Å². The minimum absolute atomic E-state index is 0.0214. The topological polar surface area (TPSA) is 41.1 Å². The molecule has 2 N–H and O–H groups in total. The van der Waals surface area contributed by atoms with E-state index in [1.807, 2.05) is 31.2 Å². The number of carbonyl (C=O) groups is 1. The van der Waals surface area contributed by atoms with Gasteiger partial charge in [-0.25, -0.2) is 0 Å². The van der Waals surface area contributed by atoms with Crippen molar-refractivity contribution in [2.45, 2.75) is 45.6 Å². The van der Waals surface area contributed by atoms with Crippen LogP contribution < -0.4 is 10.6 Å². The number of hydrogen-bond acceptors (Lipinski definition) is 2. The molecular weight excluding hydrogens is 284 g/mol. The highest BCUT2D eigenvalue weighted by Gasteiger charge is 2.39. The summed E-state index contributed by atoms with van der Waals surface area (Å²) in [6.07, 6.45) is 4.01. The Morgan fingerprint density at radius 1 is 1.52 bits per heavy atom. The number of halogens is 1. The lowest BCUT2D eigenvalue weighted by Gasteiger charge is -2.37. The molecule has 4 heteroatoms. The van der Waals surface area contributed by atoms with Gasteiger partial charge in [-0.15, -0.1) is 0 Å². The zero-order valence-corrected chi connectivity index (χ0v) is 13.7. The third-order valence-corrected chi connectivity index (χ3v) is 4.61. The van der Waals surface area contributed by atoms with Crippen LogP contribution in [0.2, 0.25) is 5.02 Å². The van der Waals surface area contributed by atoms with Gasteiger partial charge in [0.05, 0.1) is 11.5 Å². The van der Waals surface area contributed by atoms with Gasteiger partial charge in [0.15, 0.2) is 0 Å². The molecule has 0 bridgehead atoms. The highest BCUT2D eigenvalue weighted by Crippen LogP contribution is 2.32. The van der Waals surface area contributed by atoms with Crippen molar-refractivity contribution in [2.75, 3.05) is 13.1 Å². The Bertz CT molecular complexity index is 478. The molecule has 1 aromatic carbocycles. The molecule has 1 saturated heterocycles. The van der Waals surface area contributed by atoms with E-state index >= 15 is 0 Å². The fraction of sp³-hybridized carbons (Fsp3) is 0.588. The Hall–Kier alpha value is -1.06. The molecule has 1 amide bonds. The lowest BCUT2D eigenvalue weighted by molar-refractivity contribution is -0.133. The minimum atomic E-state index is -0.250. The fourth-order valence-electron chi connectivity index (χ4n) is 3.18. The SMILES string of the molecule is CCCC1(C(=O)N[C@H](C)c2cccc(Cl)c2)CCCNC1. The summed E-state index contributed by atoms with van der Waals surface area (Å²) in [5, 5.41) is 7.27. The summed E-state index contributed by atoms with van der Waals surface area (Å²) >= 11 is 6.03. The van der Waals surface area contributed by atoms with Crippen molar-refractivity contribution in [1.29, 1.82) is 0 Å². The van der Waals surface area contributed by atoms with Crippen molar-refractivity contribution in [3.63, 3.8) is 0 Å². The third kappa shape index (κ3) is 3.98. The smallest absolute Gasteiger partial charge is 0.227 e. The summed E-state index contributed by atoms with van der Waals surface area (Å²) in [4.78, 5) is 12.8. The van der Waals surface area contributed by atoms with E-state index in [1.165, 1.54) is 0 Å². The van der Waals surface area contributed by atoms with E-state index in [4.69, 9.17) is 11.6 Å². The van der Waals surface area contributed by atoms with E-state index in [0.717, 1.165) is 44.3 Å². The van der Waals surface area contributed by atoms with E-state index in [-0.39, 0.29) is 17.4 Å². The van der Waals surface area contributed by atoms with E-state index in [2.05, 4.69) is 17.6 Å². The van der Waals surface area contributed by atoms with Crippen LogP contribution in [0.15, 0.2) is 24.3 Å². The molecule has 1 unspecified atom stereocenters. The van der Waals surface area contributed by atoms with Crippen molar-refractivity contribution in [2.24, 2.45) is 5.41 Å². The van der Waals surface area contributed by atoms with Crippen LogP contribution in [0.5, 0.6) is 0 Å². The van der Waals surface area contributed by atoms with Crippen molar-refractivity contribution < 1.29 is 4.79 Å². The van der Waals surface area contributed by atoms with Crippen LogP contribution in [0, 0.1) is 5.41 Å². The Kier molecular flexibility index (Phi) is 5.65. The first-order valence-corrected chi connectivity index (χ1v) is 8.22. The Balaban J connectivity index is 2.07. The summed E-state index contributed by atoms with van der Waals surface area (Å²) in [5.74, 6) is 0.170. The first kappa shape index (κ1) is 16.3. The Morgan fingerprint density at radius 3 is 2.95 bits per heavy atom. The van der Waals surface area contributed by atoms with Gasteiger partial charge in [-0.3, -0.25) is 4.79 Å². The quantitative estimate of drug-likeness (QED) is 0.871. The van der Waals surface area contributed by atoms with Crippen LogP contribution in [0.3, 0.4) is 0 Å². The Morgan fingerprint density at radius 2 is 2.33 bits per heavy atom. The second-order valence-electron chi connectivity index (χ2n) is 6.06. The zero-order chi connectivity index (χ0) is 15.3. The monoisotopic (exact) mass is 308 g/mol. The molecule has 0 radical (unpaired) electrons. The van der Waals surface area contributed by atoms with Crippen LogP contribution in [0.1, 0.15) is 51.1 Å². The molecule has 0 spiro atoms. The minimum Gasteiger partial charge on any atom is -0.349 e. The number of nitrogens with one attached hydrogen (secondary N) is 2. The van der Waals surface area contributed by atoms with Gasteiger partial charge in [-0.2, -0.15) is 0 Å². The number of benzene rings is 1. The molecule has 21 heavy (non-hydrogen) atoms.